The van der Waals surface area contributed by atoms with Crippen LogP contribution in [0.2, 0.25) is 0 Å². The fourth-order valence-corrected chi connectivity index (χ4v) is 2.81. The summed E-state index contributed by atoms with van der Waals surface area (Å²) in [7, 11) is 0. The molecule has 0 aromatic carbocycles. The zero-order valence-corrected chi connectivity index (χ0v) is 16.8. The van der Waals surface area contributed by atoms with Crippen molar-refractivity contribution < 1.29 is 0 Å². The third-order valence-electron chi connectivity index (χ3n) is 4.13. The molecule has 0 saturated carbocycles. The quantitative estimate of drug-likeness (QED) is 0.688. The Morgan fingerprint density at radius 1 is 0.792 bits per heavy atom. The van der Waals surface area contributed by atoms with Gasteiger partial charge in [0.2, 0.25) is 0 Å². The van der Waals surface area contributed by atoms with Gasteiger partial charge >= 0.3 is 0 Å². The number of aromatic nitrogens is 2. The molecular weight excluding hydrogens is 292 g/mol. The van der Waals surface area contributed by atoms with Crippen molar-refractivity contribution in [1.82, 2.24) is 9.97 Å². The summed E-state index contributed by atoms with van der Waals surface area (Å²) in [6.45, 7) is 17.7. The lowest BCUT2D eigenvalue weighted by Gasteiger charge is -2.21. The smallest absolute Gasteiger partial charge is 0.0438 e. The Kier molecular flexibility index (Phi) is 7.13. The molecule has 0 bridgehead atoms. The fraction of sp³-hybridized carbons (Fsp3) is 0.545. The Bertz CT molecular complexity index is 573. The molecule has 0 aliphatic rings. The summed E-state index contributed by atoms with van der Waals surface area (Å²) in [5.41, 5.74) is 5.82. The highest BCUT2D eigenvalue weighted by Crippen LogP contribution is 2.25. The molecule has 2 nitrogen and oxygen atoms in total. The number of pyridine rings is 2. The molecule has 0 unspecified atom stereocenters. The Hall–Kier alpha value is -1.70. The van der Waals surface area contributed by atoms with Crippen LogP contribution < -0.4 is 0 Å². The van der Waals surface area contributed by atoms with E-state index in [9.17, 15) is 0 Å². The van der Waals surface area contributed by atoms with Gasteiger partial charge in [-0.25, -0.2) is 0 Å². The van der Waals surface area contributed by atoms with E-state index in [0.717, 1.165) is 12.8 Å². The van der Waals surface area contributed by atoms with E-state index < -0.39 is 0 Å². The normalized spacial score (nSPS) is 11.7. The number of aryl methyl sites for hydroxylation is 2. The molecular formula is C22H34N2. The third kappa shape index (κ3) is 5.74. The van der Waals surface area contributed by atoms with Crippen LogP contribution in [0, 0.1) is 0 Å². The van der Waals surface area contributed by atoms with Gasteiger partial charge in [0.1, 0.15) is 0 Å². The summed E-state index contributed by atoms with van der Waals surface area (Å²) in [5.74, 6) is 0. The first-order valence-electron chi connectivity index (χ1n) is 8.99. The molecule has 0 amide bonds. The lowest BCUT2D eigenvalue weighted by atomic mass is 9.84. The van der Waals surface area contributed by atoms with Gasteiger partial charge in [0.25, 0.3) is 0 Å². The highest BCUT2D eigenvalue weighted by molar-refractivity contribution is 5.29. The SMILES string of the molecule is CCc1ccncc1C(C)(C)C.CCc1ncccc1C(C)(C)C. The van der Waals surface area contributed by atoms with Crippen LogP contribution in [0.5, 0.6) is 0 Å². The van der Waals surface area contributed by atoms with E-state index in [4.69, 9.17) is 0 Å². The summed E-state index contributed by atoms with van der Waals surface area (Å²) in [6.07, 6.45) is 7.84. The third-order valence-corrected chi connectivity index (χ3v) is 4.13. The second kappa shape index (κ2) is 8.41. The van der Waals surface area contributed by atoms with Crippen molar-refractivity contribution in [2.24, 2.45) is 0 Å². The molecule has 0 aliphatic heterocycles. The van der Waals surface area contributed by atoms with Crippen molar-refractivity contribution in [2.45, 2.75) is 79.1 Å². The van der Waals surface area contributed by atoms with E-state index in [1.54, 1.807) is 0 Å². The average Bonchev–Trinajstić information content (AvgIpc) is 2.53. The standard InChI is InChI=1S/2C11H17N/c1-5-9-6-7-12-8-10(9)11(2,3)4;1-5-10-9(11(2,3)4)7-6-8-12-10/h2*6-8H,5H2,1-4H3. The molecule has 0 spiro atoms. The summed E-state index contributed by atoms with van der Waals surface area (Å²) in [4.78, 5) is 8.52. The van der Waals surface area contributed by atoms with Crippen LogP contribution in [0.25, 0.3) is 0 Å². The van der Waals surface area contributed by atoms with Gasteiger partial charge in [0.15, 0.2) is 0 Å². The van der Waals surface area contributed by atoms with Crippen LogP contribution in [0.1, 0.15) is 77.8 Å². The minimum absolute atomic E-state index is 0.222. The van der Waals surface area contributed by atoms with Crippen molar-refractivity contribution in [3.8, 4) is 0 Å². The molecule has 132 valence electrons. The second-order valence-electron chi connectivity index (χ2n) is 8.24. The van der Waals surface area contributed by atoms with Crippen molar-refractivity contribution in [3.05, 3.63) is 59.2 Å². The number of rotatable bonds is 2. The van der Waals surface area contributed by atoms with Crippen LogP contribution in [0.15, 0.2) is 36.8 Å². The maximum Gasteiger partial charge on any atom is 0.0438 e. The zero-order chi connectivity index (χ0) is 18.4. The Balaban J connectivity index is 0.000000240. The molecule has 0 atom stereocenters. The monoisotopic (exact) mass is 326 g/mol. The van der Waals surface area contributed by atoms with E-state index in [2.05, 4.69) is 77.5 Å². The highest BCUT2D eigenvalue weighted by atomic mass is 14.7. The van der Waals surface area contributed by atoms with Gasteiger partial charge in [-0.15, -0.1) is 0 Å². The van der Waals surface area contributed by atoms with Crippen LogP contribution in [0.3, 0.4) is 0 Å². The molecule has 0 radical (unpaired) electrons. The van der Waals surface area contributed by atoms with E-state index in [1.165, 1.54) is 22.4 Å². The highest BCUT2D eigenvalue weighted by Gasteiger charge is 2.17. The van der Waals surface area contributed by atoms with Gasteiger partial charge in [-0.1, -0.05) is 61.5 Å². The maximum absolute atomic E-state index is 4.36. The topological polar surface area (TPSA) is 25.8 Å². The second-order valence-corrected chi connectivity index (χ2v) is 8.24. The lowest BCUT2D eigenvalue weighted by molar-refractivity contribution is 0.578. The van der Waals surface area contributed by atoms with Gasteiger partial charge in [-0.3, -0.25) is 9.97 Å². The van der Waals surface area contributed by atoms with E-state index in [-0.39, 0.29) is 10.8 Å². The Labute approximate surface area is 148 Å². The maximum atomic E-state index is 4.36. The summed E-state index contributed by atoms with van der Waals surface area (Å²) in [5, 5.41) is 0. The zero-order valence-electron chi connectivity index (χ0n) is 16.8. The molecule has 2 rings (SSSR count). The van der Waals surface area contributed by atoms with E-state index in [0.29, 0.717) is 0 Å². The van der Waals surface area contributed by atoms with Crippen molar-refractivity contribution in [1.29, 1.82) is 0 Å². The Morgan fingerprint density at radius 3 is 1.83 bits per heavy atom. The number of hydrogen-bond donors (Lipinski definition) is 0. The van der Waals surface area contributed by atoms with Crippen LogP contribution in [-0.4, -0.2) is 9.97 Å². The van der Waals surface area contributed by atoms with Crippen molar-refractivity contribution >= 4 is 0 Å². The molecule has 2 aromatic rings. The molecule has 2 heterocycles. The average molecular weight is 327 g/mol. The molecule has 2 aromatic heterocycles. The van der Waals surface area contributed by atoms with Gasteiger partial charge in [-0.05, 0) is 52.5 Å². The van der Waals surface area contributed by atoms with Crippen LogP contribution in [0.4, 0.5) is 0 Å². The molecule has 0 N–H and O–H groups in total. The largest absolute Gasteiger partial charge is 0.264 e. The summed E-state index contributed by atoms with van der Waals surface area (Å²) < 4.78 is 0. The van der Waals surface area contributed by atoms with Crippen LogP contribution in [-0.2, 0) is 23.7 Å². The summed E-state index contributed by atoms with van der Waals surface area (Å²) >= 11 is 0. The first-order valence-corrected chi connectivity index (χ1v) is 8.99. The van der Waals surface area contributed by atoms with Gasteiger partial charge in [0, 0.05) is 24.3 Å². The lowest BCUT2D eigenvalue weighted by Crippen LogP contribution is -2.14. The molecule has 0 saturated heterocycles. The number of hydrogen-bond acceptors (Lipinski definition) is 2. The molecule has 0 aliphatic carbocycles. The van der Waals surface area contributed by atoms with Gasteiger partial charge in [-0.2, -0.15) is 0 Å². The summed E-state index contributed by atoms with van der Waals surface area (Å²) in [6, 6.07) is 6.30. The van der Waals surface area contributed by atoms with Crippen molar-refractivity contribution in [2.75, 3.05) is 0 Å². The van der Waals surface area contributed by atoms with E-state index >= 15 is 0 Å². The molecule has 2 heteroatoms. The predicted molar refractivity (Wildman–Crippen MR) is 105 cm³/mol. The van der Waals surface area contributed by atoms with E-state index in [1.807, 2.05) is 24.7 Å². The fourth-order valence-electron chi connectivity index (χ4n) is 2.81. The molecule has 0 fully saturated rings. The Morgan fingerprint density at radius 2 is 1.42 bits per heavy atom. The minimum Gasteiger partial charge on any atom is -0.264 e. The van der Waals surface area contributed by atoms with Crippen LogP contribution >= 0.6 is 0 Å². The first-order chi connectivity index (χ1) is 11.1. The predicted octanol–water partition coefficient (Wildman–Crippen LogP) is 5.88. The molecule has 24 heavy (non-hydrogen) atoms. The van der Waals surface area contributed by atoms with Crippen molar-refractivity contribution in [3.63, 3.8) is 0 Å². The van der Waals surface area contributed by atoms with Gasteiger partial charge < -0.3 is 0 Å². The first kappa shape index (κ1) is 20.3. The van der Waals surface area contributed by atoms with Gasteiger partial charge in [0.05, 0.1) is 0 Å². The minimum atomic E-state index is 0.222. The number of nitrogens with zero attached hydrogens (tertiary/aromatic N) is 2.